The average Bonchev–Trinajstić information content (AvgIpc) is 2.41. The summed E-state index contributed by atoms with van der Waals surface area (Å²) in [6.07, 6.45) is 1.20. The molecule has 2 N–H and O–H groups in total. The van der Waals surface area contributed by atoms with Gasteiger partial charge in [-0.3, -0.25) is 9.59 Å². The number of hydrogen-bond donors (Lipinski definition) is 2. The van der Waals surface area contributed by atoms with Crippen molar-refractivity contribution in [2.24, 2.45) is 0 Å². The molecule has 1 heterocycles. The second kappa shape index (κ2) is 6.38. The maximum atomic E-state index is 11.9. The van der Waals surface area contributed by atoms with Gasteiger partial charge in [0.25, 0.3) is 13.4 Å². The Balaban J connectivity index is 1.80. The molecule has 0 saturated carbocycles. The topological polar surface area (TPSA) is 75.6 Å². The number of amides is 1. The van der Waals surface area contributed by atoms with Gasteiger partial charge in [0.1, 0.15) is 0 Å². The lowest BCUT2D eigenvalue weighted by atomic mass is 9.79. The molecule has 0 aliphatic carbocycles. The zero-order valence-corrected chi connectivity index (χ0v) is 10.5. The van der Waals surface area contributed by atoms with E-state index in [1.54, 1.807) is 12.1 Å². The molecule has 1 fully saturated rings. The minimum absolute atomic E-state index is 0.0271. The molecule has 1 aliphatic heterocycles. The van der Waals surface area contributed by atoms with Gasteiger partial charge >= 0.3 is 5.97 Å². The van der Waals surface area contributed by atoms with Gasteiger partial charge in [-0.15, -0.1) is 0 Å². The van der Waals surface area contributed by atoms with E-state index in [0.717, 1.165) is 6.42 Å². The fraction of sp³-hybridized carbons (Fsp3) is 0.385. The Kier molecular flexibility index (Phi) is 4.57. The first-order valence-electron chi connectivity index (χ1n) is 6.34. The predicted molar refractivity (Wildman–Crippen MR) is 71.2 cm³/mol. The zero-order chi connectivity index (χ0) is 13.7. The largest absolute Gasteiger partial charge is 0.481 e. The highest BCUT2D eigenvalue weighted by Gasteiger charge is 2.26. The van der Waals surface area contributed by atoms with Crippen molar-refractivity contribution in [1.82, 2.24) is 5.32 Å². The van der Waals surface area contributed by atoms with Gasteiger partial charge in [-0.2, -0.15) is 0 Å². The highest BCUT2D eigenvalue weighted by molar-refractivity contribution is 6.31. The van der Waals surface area contributed by atoms with Gasteiger partial charge < -0.3 is 15.1 Å². The van der Waals surface area contributed by atoms with Crippen LogP contribution in [0.3, 0.4) is 0 Å². The van der Waals surface area contributed by atoms with Crippen LogP contribution in [-0.4, -0.2) is 36.5 Å². The van der Waals surface area contributed by atoms with Crippen molar-refractivity contribution in [3.8, 4) is 0 Å². The molecule has 1 amide bonds. The Morgan fingerprint density at radius 3 is 2.63 bits per heavy atom. The molecule has 2 unspecified atom stereocenters. The van der Waals surface area contributed by atoms with E-state index in [0.29, 0.717) is 19.5 Å². The van der Waals surface area contributed by atoms with Crippen LogP contribution >= 0.6 is 0 Å². The molecule has 100 valence electrons. The van der Waals surface area contributed by atoms with Crippen molar-refractivity contribution < 1.29 is 19.3 Å². The minimum Gasteiger partial charge on any atom is -0.481 e. The summed E-state index contributed by atoms with van der Waals surface area (Å²) in [5.74, 6) is -1.01. The number of rotatable bonds is 4. The molecule has 1 aliphatic rings. The summed E-state index contributed by atoms with van der Waals surface area (Å²) in [7, 11) is 0.372. The lowest BCUT2D eigenvalue weighted by Crippen LogP contribution is -2.45. The number of hydrogen-bond acceptors (Lipinski definition) is 3. The van der Waals surface area contributed by atoms with Crippen LogP contribution in [0.1, 0.15) is 29.6 Å². The number of carbonyl (C=O) groups excluding carboxylic acids is 1. The third kappa shape index (κ3) is 4.10. The van der Waals surface area contributed by atoms with E-state index >= 15 is 0 Å². The molecule has 19 heavy (non-hydrogen) atoms. The van der Waals surface area contributed by atoms with E-state index in [1.807, 2.05) is 18.2 Å². The van der Waals surface area contributed by atoms with Crippen molar-refractivity contribution in [1.29, 1.82) is 0 Å². The molecule has 2 atom stereocenters. The second-order valence-electron chi connectivity index (χ2n) is 4.67. The maximum absolute atomic E-state index is 11.9. The van der Waals surface area contributed by atoms with Crippen LogP contribution in [0, 0.1) is 0 Å². The molecule has 0 radical (unpaired) electrons. The summed E-state index contributed by atoms with van der Waals surface area (Å²) in [6.45, 7) is 0. The fourth-order valence-electron chi connectivity index (χ4n) is 2.13. The van der Waals surface area contributed by atoms with Crippen molar-refractivity contribution >= 4 is 19.4 Å². The average molecular weight is 261 g/mol. The first-order chi connectivity index (χ1) is 9.15. The highest BCUT2D eigenvalue weighted by Crippen LogP contribution is 2.15. The van der Waals surface area contributed by atoms with Crippen LogP contribution in [-0.2, 0) is 9.45 Å². The van der Waals surface area contributed by atoms with Crippen molar-refractivity contribution in [3.05, 3.63) is 35.9 Å². The molecular formula is C13H16BNO4. The quantitative estimate of drug-likeness (QED) is 0.784. The van der Waals surface area contributed by atoms with Gasteiger partial charge in [0.15, 0.2) is 0 Å². The molecule has 6 heteroatoms. The molecule has 0 aromatic heterocycles. The van der Waals surface area contributed by atoms with E-state index < -0.39 is 5.97 Å². The molecule has 5 nitrogen and oxygen atoms in total. The standard InChI is InChI=1S/C13H16BNO4/c16-12(17)8-10-6-7-11(14-19-10)15-13(18)9-4-2-1-3-5-9/h1-5,10-11,14H,6-8H2,(H,15,18)(H,16,17). The van der Waals surface area contributed by atoms with Crippen molar-refractivity contribution in [2.75, 3.05) is 0 Å². The third-order valence-electron chi connectivity index (χ3n) is 3.14. The van der Waals surface area contributed by atoms with Gasteiger partial charge in [-0.05, 0) is 25.0 Å². The van der Waals surface area contributed by atoms with E-state index in [4.69, 9.17) is 9.76 Å². The molecule has 0 bridgehead atoms. The molecule has 1 aromatic rings. The highest BCUT2D eigenvalue weighted by atomic mass is 16.4. The first-order valence-corrected chi connectivity index (χ1v) is 6.34. The van der Waals surface area contributed by atoms with Gasteiger partial charge in [0.2, 0.25) is 0 Å². The summed E-state index contributed by atoms with van der Waals surface area (Å²) in [4.78, 5) is 22.5. The number of nitrogens with one attached hydrogen (secondary N) is 1. The summed E-state index contributed by atoms with van der Waals surface area (Å²) in [6, 6.07) is 9.00. The Hall–Kier alpha value is -1.82. The van der Waals surface area contributed by atoms with Gasteiger partial charge in [-0.25, -0.2) is 0 Å². The summed E-state index contributed by atoms with van der Waals surface area (Å²) in [5.41, 5.74) is 0.621. The SMILES string of the molecule is O=C(O)CC1CCC(NC(=O)c2ccccc2)BO1. The van der Waals surface area contributed by atoms with E-state index in [1.165, 1.54) is 0 Å². The van der Waals surface area contributed by atoms with Gasteiger partial charge in [0.05, 0.1) is 12.5 Å². The van der Waals surface area contributed by atoms with Crippen LogP contribution < -0.4 is 5.32 Å². The fourth-order valence-corrected chi connectivity index (χ4v) is 2.13. The van der Waals surface area contributed by atoms with E-state index in [9.17, 15) is 9.59 Å². The number of benzene rings is 1. The van der Waals surface area contributed by atoms with Gasteiger partial charge in [0, 0.05) is 11.5 Å². The number of carbonyl (C=O) groups is 2. The Bertz CT molecular complexity index is 443. The van der Waals surface area contributed by atoms with Gasteiger partial charge in [-0.1, -0.05) is 18.2 Å². The number of carboxylic acids is 1. The van der Waals surface area contributed by atoms with E-state index in [-0.39, 0.29) is 24.4 Å². The molecule has 1 aromatic carbocycles. The Morgan fingerprint density at radius 2 is 2.05 bits per heavy atom. The zero-order valence-electron chi connectivity index (χ0n) is 10.5. The molecule has 2 rings (SSSR count). The van der Waals surface area contributed by atoms with Crippen LogP contribution in [0.25, 0.3) is 0 Å². The summed E-state index contributed by atoms with van der Waals surface area (Å²) < 4.78 is 5.44. The molecule has 0 spiro atoms. The summed E-state index contributed by atoms with van der Waals surface area (Å²) in [5, 5.41) is 11.6. The Morgan fingerprint density at radius 1 is 1.32 bits per heavy atom. The predicted octanol–water partition coefficient (Wildman–Crippen LogP) is 0.748. The van der Waals surface area contributed by atoms with Crippen LogP contribution in [0.5, 0.6) is 0 Å². The summed E-state index contributed by atoms with van der Waals surface area (Å²) >= 11 is 0. The van der Waals surface area contributed by atoms with E-state index in [2.05, 4.69) is 5.32 Å². The van der Waals surface area contributed by atoms with Crippen molar-refractivity contribution in [3.63, 3.8) is 0 Å². The second-order valence-corrected chi connectivity index (χ2v) is 4.67. The lowest BCUT2D eigenvalue weighted by molar-refractivity contribution is -0.139. The van der Waals surface area contributed by atoms with Crippen molar-refractivity contribution in [2.45, 2.75) is 31.3 Å². The smallest absolute Gasteiger partial charge is 0.305 e. The number of aliphatic carboxylic acids is 1. The monoisotopic (exact) mass is 261 g/mol. The first kappa shape index (κ1) is 13.6. The normalized spacial score (nSPS) is 22.3. The van der Waals surface area contributed by atoms with Crippen LogP contribution in [0.2, 0.25) is 0 Å². The Labute approximate surface area is 112 Å². The lowest BCUT2D eigenvalue weighted by Gasteiger charge is -2.28. The van der Waals surface area contributed by atoms with Crippen LogP contribution in [0.4, 0.5) is 0 Å². The maximum Gasteiger partial charge on any atom is 0.305 e. The van der Waals surface area contributed by atoms with Crippen LogP contribution in [0.15, 0.2) is 30.3 Å². The third-order valence-corrected chi connectivity index (χ3v) is 3.14. The number of carboxylic acid groups (broad SMARTS) is 1. The minimum atomic E-state index is -0.850. The molecule has 1 saturated heterocycles. The molecular weight excluding hydrogens is 245 g/mol.